The number of thiophene rings is 1. The molecule has 0 unspecified atom stereocenters. The maximum atomic E-state index is 4.13. The first kappa shape index (κ1) is 9.27. The van der Waals surface area contributed by atoms with Gasteiger partial charge in [-0.3, -0.25) is 5.10 Å². The Kier molecular flexibility index (Phi) is 2.54. The molecule has 2 N–H and O–H groups in total. The first-order valence-corrected chi connectivity index (χ1v) is 5.43. The second-order valence-electron chi connectivity index (χ2n) is 3.24. The fourth-order valence-electron chi connectivity index (χ4n) is 1.40. The summed E-state index contributed by atoms with van der Waals surface area (Å²) in [6.07, 6.45) is 0. The van der Waals surface area contributed by atoms with Gasteiger partial charge in [0.05, 0.1) is 17.1 Å². The van der Waals surface area contributed by atoms with Crippen molar-refractivity contribution < 1.29 is 0 Å². The second kappa shape index (κ2) is 3.84. The Morgan fingerprint density at radius 3 is 2.93 bits per heavy atom. The van der Waals surface area contributed by atoms with Crippen LogP contribution in [0.3, 0.4) is 0 Å². The minimum absolute atomic E-state index is 0.874. The number of aromatic amines is 1. The Balaban J connectivity index is 2.05. The van der Waals surface area contributed by atoms with Crippen molar-refractivity contribution in [2.75, 3.05) is 5.32 Å². The van der Waals surface area contributed by atoms with Crippen molar-refractivity contribution in [2.24, 2.45) is 0 Å². The number of anilines is 1. The van der Waals surface area contributed by atoms with E-state index in [9.17, 15) is 0 Å². The van der Waals surface area contributed by atoms with Crippen molar-refractivity contribution in [2.45, 2.75) is 20.4 Å². The van der Waals surface area contributed by atoms with E-state index in [-0.39, 0.29) is 0 Å². The molecule has 2 heterocycles. The molecule has 2 aromatic heterocycles. The summed E-state index contributed by atoms with van der Waals surface area (Å²) in [5.74, 6) is 0. The number of nitrogens with zero attached hydrogens (tertiary/aromatic N) is 1. The molecule has 0 aromatic carbocycles. The quantitative estimate of drug-likeness (QED) is 0.812. The average molecular weight is 207 g/mol. The molecule has 14 heavy (non-hydrogen) atoms. The van der Waals surface area contributed by atoms with E-state index < -0.39 is 0 Å². The highest BCUT2D eigenvalue weighted by Gasteiger charge is 2.04. The lowest BCUT2D eigenvalue weighted by Gasteiger charge is -2.03. The number of nitrogens with one attached hydrogen (secondary N) is 2. The van der Waals surface area contributed by atoms with Crippen LogP contribution in [0, 0.1) is 13.8 Å². The van der Waals surface area contributed by atoms with E-state index in [2.05, 4.69) is 33.0 Å². The lowest BCUT2D eigenvalue weighted by Crippen LogP contribution is -1.99. The number of H-pyrrole nitrogens is 1. The van der Waals surface area contributed by atoms with E-state index in [0.29, 0.717) is 0 Å². The van der Waals surface area contributed by atoms with Crippen LogP contribution in [-0.4, -0.2) is 10.2 Å². The number of rotatable bonds is 3. The topological polar surface area (TPSA) is 40.7 Å². The van der Waals surface area contributed by atoms with Crippen LogP contribution < -0.4 is 5.32 Å². The third-order valence-corrected chi connectivity index (χ3v) is 3.02. The molecule has 0 fully saturated rings. The molecule has 3 nitrogen and oxygen atoms in total. The normalized spacial score (nSPS) is 10.4. The molecule has 0 atom stereocenters. The molecule has 0 saturated carbocycles. The highest BCUT2D eigenvalue weighted by molar-refractivity contribution is 7.09. The van der Waals surface area contributed by atoms with E-state index in [1.165, 1.54) is 4.88 Å². The third kappa shape index (κ3) is 1.80. The molecule has 2 rings (SSSR count). The smallest absolute Gasteiger partial charge is 0.0825 e. The fraction of sp³-hybridized carbons (Fsp3) is 0.300. The van der Waals surface area contributed by atoms with Crippen molar-refractivity contribution in [3.63, 3.8) is 0 Å². The zero-order valence-corrected chi connectivity index (χ0v) is 9.11. The van der Waals surface area contributed by atoms with Crippen molar-refractivity contribution in [3.05, 3.63) is 33.8 Å². The second-order valence-corrected chi connectivity index (χ2v) is 4.27. The van der Waals surface area contributed by atoms with E-state index in [1.807, 2.05) is 13.8 Å². The first-order valence-electron chi connectivity index (χ1n) is 4.55. The van der Waals surface area contributed by atoms with Crippen molar-refractivity contribution in [1.82, 2.24) is 10.2 Å². The Morgan fingerprint density at radius 2 is 2.36 bits per heavy atom. The molecule has 0 amide bonds. The molecule has 0 radical (unpaired) electrons. The summed E-state index contributed by atoms with van der Waals surface area (Å²) in [6, 6.07) is 4.19. The molecule has 4 heteroatoms. The van der Waals surface area contributed by atoms with Crippen LogP contribution in [0.5, 0.6) is 0 Å². The molecule has 0 spiro atoms. The van der Waals surface area contributed by atoms with E-state index >= 15 is 0 Å². The van der Waals surface area contributed by atoms with Crippen molar-refractivity contribution in [3.8, 4) is 0 Å². The van der Waals surface area contributed by atoms with Gasteiger partial charge in [0.1, 0.15) is 0 Å². The highest BCUT2D eigenvalue weighted by Crippen LogP contribution is 2.18. The first-order chi connectivity index (χ1) is 6.77. The summed E-state index contributed by atoms with van der Waals surface area (Å²) in [6.45, 7) is 4.90. The Labute approximate surface area is 87.2 Å². The summed E-state index contributed by atoms with van der Waals surface area (Å²) in [5, 5.41) is 12.6. The van der Waals surface area contributed by atoms with Gasteiger partial charge in [0.15, 0.2) is 0 Å². The van der Waals surface area contributed by atoms with Crippen LogP contribution in [0.15, 0.2) is 17.5 Å². The van der Waals surface area contributed by atoms with Gasteiger partial charge in [0, 0.05) is 11.4 Å². The average Bonchev–Trinajstić information content (AvgIpc) is 2.76. The monoisotopic (exact) mass is 207 g/mol. The van der Waals surface area contributed by atoms with Crippen LogP contribution in [-0.2, 0) is 6.54 Å². The standard InChI is InChI=1S/C10H13N3S/c1-7-10(8(2)13-12-7)11-6-9-4-3-5-14-9/h3-5,11H,6H2,1-2H3,(H,12,13). The minimum Gasteiger partial charge on any atom is -0.377 e. The van der Waals surface area contributed by atoms with Crippen LogP contribution in [0.1, 0.15) is 16.3 Å². The van der Waals surface area contributed by atoms with Gasteiger partial charge >= 0.3 is 0 Å². The fourth-order valence-corrected chi connectivity index (χ4v) is 2.04. The maximum absolute atomic E-state index is 4.13. The molecule has 2 aromatic rings. The zero-order valence-electron chi connectivity index (χ0n) is 8.29. The van der Waals surface area contributed by atoms with Gasteiger partial charge in [-0.15, -0.1) is 11.3 Å². The predicted molar refractivity (Wildman–Crippen MR) is 59.7 cm³/mol. The Morgan fingerprint density at radius 1 is 1.50 bits per heavy atom. The Hall–Kier alpha value is -1.29. The van der Waals surface area contributed by atoms with Gasteiger partial charge in [-0.1, -0.05) is 6.07 Å². The van der Waals surface area contributed by atoms with Gasteiger partial charge in [-0.25, -0.2) is 0 Å². The zero-order chi connectivity index (χ0) is 9.97. The molecule has 0 saturated heterocycles. The third-order valence-electron chi connectivity index (χ3n) is 2.15. The SMILES string of the molecule is Cc1n[nH]c(C)c1NCc1cccs1. The van der Waals surface area contributed by atoms with Crippen LogP contribution in [0.2, 0.25) is 0 Å². The predicted octanol–water partition coefficient (Wildman–Crippen LogP) is 2.70. The summed E-state index contributed by atoms with van der Waals surface area (Å²) in [5.41, 5.74) is 3.25. The summed E-state index contributed by atoms with van der Waals surface area (Å²) < 4.78 is 0. The highest BCUT2D eigenvalue weighted by atomic mass is 32.1. The van der Waals surface area contributed by atoms with Gasteiger partial charge in [0.2, 0.25) is 0 Å². The molecule has 0 aliphatic rings. The largest absolute Gasteiger partial charge is 0.377 e. The van der Waals surface area contributed by atoms with Crippen molar-refractivity contribution >= 4 is 17.0 Å². The maximum Gasteiger partial charge on any atom is 0.0825 e. The molecule has 0 aliphatic heterocycles. The lowest BCUT2D eigenvalue weighted by atomic mass is 10.3. The van der Waals surface area contributed by atoms with E-state index in [1.54, 1.807) is 11.3 Å². The Bertz CT molecular complexity index is 383. The van der Waals surface area contributed by atoms with Crippen LogP contribution in [0.4, 0.5) is 5.69 Å². The summed E-state index contributed by atoms with van der Waals surface area (Å²) in [7, 11) is 0. The van der Waals surface area contributed by atoms with Gasteiger partial charge < -0.3 is 5.32 Å². The summed E-state index contributed by atoms with van der Waals surface area (Å²) in [4.78, 5) is 1.34. The van der Waals surface area contributed by atoms with Crippen LogP contribution >= 0.6 is 11.3 Å². The van der Waals surface area contributed by atoms with E-state index in [4.69, 9.17) is 0 Å². The van der Waals surface area contributed by atoms with Crippen LogP contribution in [0.25, 0.3) is 0 Å². The lowest BCUT2D eigenvalue weighted by molar-refractivity contribution is 1.02. The van der Waals surface area contributed by atoms with Crippen molar-refractivity contribution in [1.29, 1.82) is 0 Å². The minimum atomic E-state index is 0.874. The molecule has 74 valence electrons. The van der Waals surface area contributed by atoms with Gasteiger partial charge in [-0.05, 0) is 25.3 Å². The van der Waals surface area contributed by atoms with Gasteiger partial charge in [0.25, 0.3) is 0 Å². The number of hydrogen-bond acceptors (Lipinski definition) is 3. The molecular formula is C10H13N3S. The molecular weight excluding hydrogens is 194 g/mol. The number of aryl methyl sites for hydroxylation is 2. The summed E-state index contributed by atoms with van der Waals surface area (Å²) >= 11 is 1.76. The molecule has 0 bridgehead atoms. The molecule has 0 aliphatic carbocycles. The number of hydrogen-bond donors (Lipinski definition) is 2. The van der Waals surface area contributed by atoms with E-state index in [0.717, 1.165) is 23.6 Å². The van der Waals surface area contributed by atoms with Gasteiger partial charge in [-0.2, -0.15) is 5.10 Å². The number of aromatic nitrogens is 2.